The number of rotatable bonds is 6. The van der Waals surface area contributed by atoms with E-state index in [1.807, 2.05) is 36.4 Å². The van der Waals surface area contributed by atoms with Crippen molar-refractivity contribution in [3.05, 3.63) is 59.9 Å². The van der Waals surface area contributed by atoms with Crippen molar-refractivity contribution < 1.29 is 18.7 Å². The SMILES string of the molecule is CC(=O)NC[C@H]1CN(c2ccc(-c3ccc(/C=C/CN)cc3)c(F)c2)C(=O)O1. The van der Waals surface area contributed by atoms with Crippen molar-refractivity contribution in [2.24, 2.45) is 5.73 Å². The van der Waals surface area contributed by atoms with Gasteiger partial charge in [-0.2, -0.15) is 0 Å². The second kappa shape index (κ2) is 8.67. The summed E-state index contributed by atoms with van der Waals surface area (Å²) in [5.41, 5.74) is 8.02. The van der Waals surface area contributed by atoms with Crippen LogP contribution in [0.15, 0.2) is 48.5 Å². The van der Waals surface area contributed by atoms with E-state index in [0.29, 0.717) is 17.8 Å². The quantitative estimate of drug-likeness (QED) is 0.803. The molecule has 1 heterocycles. The Balaban J connectivity index is 1.74. The average Bonchev–Trinajstić information content (AvgIpc) is 3.06. The molecule has 2 aromatic rings. The number of benzene rings is 2. The van der Waals surface area contributed by atoms with Gasteiger partial charge in [0.25, 0.3) is 0 Å². The van der Waals surface area contributed by atoms with Gasteiger partial charge in [-0.15, -0.1) is 0 Å². The molecule has 6 nitrogen and oxygen atoms in total. The molecule has 0 aliphatic carbocycles. The van der Waals surface area contributed by atoms with Crippen molar-refractivity contribution >= 4 is 23.8 Å². The van der Waals surface area contributed by atoms with Crippen molar-refractivity contribution in [3.63, 3.8) is 0 Å². The van der Waals surface area contributed by atoms with Crippen LogP contribution in [0.25, 0.3) is 17.2 Å². The number of anilines is 1. The first-order valence-corrected chi connectivity index (χ1v) is 8.97. The molecule has 3 rings (SSSR count). The number of hydrogen-bond donors (Lipinski definition) is 2. The summed E-state index contributed by atoms with van der Waals surface area (Å²) in [6.07, 6.45) is 2.73. The van der Waals surface area contributed by atoms with Gasteiger partial charge in [-0.25, -0.2) is 9.18 Å². The summed E-state index contributed by atoms with van der Waals surface area (Å²) in [6.45, 7) is 2.33. The number of hydrogen-bond acceptors (Lipinski definition) is 4. The maximum Gasteiger partial charge on any atom is 0.414 e. The zero-order valence-corrected chi connectivity index (χ0v) is 15.5. The van der Waals surface area contributed by atoms with Crippen molar-refractivity contribution in [1.82, 2.24) is 5.32 Å². The lowest BCUT2D eigenvalue weighted by atomic mass is 10.0. The number of amides is 2. The molecule has 146 valence electrons. The monoisotopic (exact) mass is 383 g/mol. The largest absolute Gasteiger partial charge is 0.442 e. The third-order valence-electron chi connectivity index (χ3n) is 4.39. The number of cyclic esters (lactones) is 1. The minimum atomic E-state index is -0.557. The van der Waals surface area contributed by atoms with Crippen LogP contribution >= 0.6 is 0 Å². The van der Waals surface area contributed by atoms with Crippen LogP contribution < -0.4 is 16.0 Å². The van der Waals surface area contributed by atoms with E-state index in [1.54, 1.807) is 12.1 Å². The summed E-state index contributed by atoms with van der Waals surface area (Å²) in [5.74, 6) is -0.629. The zero-order chi connectivity index (χ0) is 20.1. The van der Waals surface area contributed by atoms with Crippen LogP contribution in [0.4, 0.5) is 14.9 Å². The molecule has 0 bridgehead atoms. The van der Waals surface area contributed by atoms with Gasteiger partial charge in [-0.05, 0) is 29.3 Å². The standard InChI is InChI=1S/C21H22FN3O3/c1-14(26)24-12-18-13-25(21(27)28-18)17-8-9-19(20(22)11-17)16-6-4-15(5-7-16)3-2-10-23/h2-9,11,18H,10,12-13,23H2,1H3,(H,24,26)/b3-2+/t18-/m0/s1. The first-order chi connectivity index (χ1) is 13.5. The van der Waals surface area contributed by atoms with Crippen LogP contribution in [-0.2, 0) is 9.53 Å². The number of nitrogens with zero attached hydrogens (tertiary/aromatic N) is 1. The molecule has 1 atom stereocenters. The Kier molecular flexibility index (Phi) is 6.06. The highest BCUT2D eigenvalue weighted by atomic mass is 19.1. The van der Waals surface area contributed by atoms with Crippen LogP contribution in [0.5, 0.6) is 0 Å². The summed E-state index contributed by atoms with van der Waals surface area (Å²) < 4.78 is 19.9. The molecule has 0 radical (unpaired) electrons. The van der Waals surface area contributed by atoms with Crippen LogP contribution in [0.3, 0.4) is 0 Å². The predicted molar refractivity (Wildman–Crippen MR) is 106 cm³/mol. The molecule has 1 aliphatic rings. The van der Waals surface area contributed by atoms with E-state index in [1.165, 1.54) is 17.9 Å². The highest BCUT2D eigenvalue weighted by Crippen LogP contribution is 2.29. The molecule has 0 saturated carbocycles. The van der Waals surface area contributed by atoms with Crippen molar-refractivity contribution in [2.45, 2.75) is 13.0 Å². The Morgan fingerprint density at radius 1 is 1.32 bits per heavy atom. The average molecular weight is 383 g/mol. The molecular formula is C21H22FN3O3. The smallest absolute Gasteiger partial charge is 0.414 e. The lowest BCUT2D eigenvalue weighted by molar-refractivity contribution is -0.119. The molecule has 1 saturated heterocycles. The third-order valence-corrected chi connectivity index (χ3v) is 4.39. The minimum Gasteiger partial charge on any atom is -0.442 e. The summed E-state index contributed by atoms with van der Waals surface area (Å²) >= 11 is 0. The molecule has 3 N–H and O–H groups in total. The maximum atomic E-state index is 14.7. The molecule has 28 heavy (non-hydrogen) atoms. The molecule has 1 aliphatic heterocycles. The zero-order valence-electron chi connectivity index (χ0n) is 15.5. The fourth-order valence-corrected chi connectivity index (χ4v) is 2.98. The van der Waals surface area contributed by atoms with E-state index in [2.05, 4.69) is 5.32 Å². The highest BCUT2D eigenvalue weighted by molar-refractivity contribution is 5.90. The van der Waals surface area contributed by atoms with E-state index < -0.39 is 18.0 Å². The topological polar surface area (TPSA) is 84.7 Å². The summed E-state index contributed by atoms with van der Waals surface area (Å²) in [7, 11) is 0. The molecule has 7 heteroatoms. The third kappa shape index (κ3) is 4.55. The minimum absolute atomic E-state index is 0.200. The second-order valence-corrected chi connectivity index (χ2v) is 6.48. The number of halogens is 1. The normalized spacial score (nSPS) is 16.5. The Morgan fingerprint density at radius 2 is 2.07 bits per heavy atom. The van der Waals surface area contributed by atoms with Gasteiger partial charge in [0.2, 0.25) is 5.91 Å². The van der Waals surface area contributed by atoms with E-state index in [0.717, 1.165) is 11.1 Å². The van der Waals surface area contributed by atoms with E-state index >= 15 is 0 Å². The number of nitrogens with one attached hydrogen (secondary N) is 1. The molecule has 0 unspecified atom stereocenters. The maximum absolute atomic E-state index is 14.7. The van der Waals surface area contributed by atoms with Crippen LogP contribution in [0.1, 0.15) is 12.5 Å². The fraction of sp³-hybridized carbons (Fsp3) is 0.238. The lowest BCUT2D eigenvalue weighted by Gasteiger charge is -2.14. The van der Waals surface area contributed by atoms with Crippen LogP contribution in [0, 0.1) is 5.82 Å². The van der Waals surface area contributed by atoms with Gasteiger partial charge in [0.15, 0.2) is 0 Å². The Bertz CT molecular complexity index is 896. The number of carbonyl (C=O) groups is 2. The highest BCUT2D eigenvalue weighted by Gasteiger charge is 2.32. The van der Waals surface area contributed by atoms with Gasteiger partial charge < -0.3 is 15.8 Å². The van der Waals surface area contributed by atoms with Crippen LogP contribution in [-0.4, -0.2) is 37.7 Å². The van der Waals surface area contributed by atoms with Crippen molar-refractivity contribution in [1.29, 1.82) is 0 Å². The van der Waals surface area contributed by atoms with Gasteiger partial charge in [-0.3, -0.25) is 9.69 Å². The summed E-state index contributed by atoms with van der Waals surface area (Å²) in [6, 6.07) is 12.1. The van der Waals surface area contributed by atoms with E-state index in [-0.39, 0.29) is 19.0 Å². The Morgan fingerprint density at radius 3 is 2.71 bits per heavy atom. The molecule has 2 aromatic carbocycles. The van der Waals surface area contributed by atoms with Crippen molar-refractivity contribution in [3.8, 4) is 11.1 Å². The van der Waals surface area contributed by atoms with Gasteiger partial charge in [0.05, 0.1) is 18.8 Å². The molecular weight excluding hydrogens is 361 g/mol. The van der Waals surface area contributed by atoms with E-state index in [9.17, 15) is 14.0 Å². The molecule has 1 fully saturated rings. The number of carbonyl (C=O) groups excluding carboxylic acids is 2. The molecule has 2 amide bonds. The van der Waals surface area contributed by atoms with Gasteiger partial charge in [0.1, 0.15) is 11.9 Å². The van der Waals surface area contributed by atoms with Gasteiger partial charge in [-0.1, -0.05) is 36.4 Å². The van der Waals surface area contributed by atoms with Crippen molar-refractivity contribution in [2.75, 3.05) is 24.5 Å². The Hall–Kier alpha value is -3.19. The predicted octanol–water partition coefficient (Wildman–Crippen LogP) is 2.93. The molecule has 0 spiro atoms. The summed E-state index contributed by atoms with van der Waals surface area (Å²) in [5, 5.41) is 2.61. The first-order valence-electron chi connectivity index (χ1n) is 8.97. The van der Waals surface area contributed by atoms with Gasteiger partial charge >= 0.3 is 6.09 Å². The first kappa shape index (κ1) is 19.6. The number of nitrogens with two attached hydrogens (primary N) is 1. The summed E-state index contributed by atoms with van der Waals surface area (Å²) in [4.78, 5) is 24.4. The second-order valence-electron chi connectivity index (χ2n) is 6.48. The Labute approximate surface area is 162 Å². The van der Waals surface area contributed by atoms with Gasteiger partial charge in [0, 0.05) is 19.0 Å². The fourth-order valence-electron chi connectivity index (χ4n) is 2.98. The lowest BCUT2D eigenvalue weighted by Crippen LogP contribution is -2.33. The molecule has 0 aromatic heterocycles. The van der Waals surface area contributed by atoms with Crippen LogP contribution in [0.2, 0.25) is 0 Å². The van der Waals surface area contributed by atoms with E-state index in [4.69, 9.17) is 10.5 Å². The number of ether oxygens (including phenoxy) is 1.